The summed E-state index contributed by atoms with van der Waals surface area (Å²) in [5.41, 5.74) is 1.98. The Hall–Kier alpha value is -3.26. The molecule has 0 saturated carbocycles. The van der Waals surface area contributed by atoms with E-state index >= 15 is 0 Å². The van der Waals surface area contributed by atoms with Gasteiger partial charge in [0.25, 0.3) is 5.91 Å². The predicted molar refractivity (Wildman–Crippen MR) is 123 cm³/mol. The maximum Gasteiger partial charge on any atom is 0.255 e. The number of furan rings is 1. The van der Waals surface area contributed by atoms with Crippen molar-refractivity contribution in [3.63, 3.8) is 0 Å². The summed E-state index contributed by atoms with van der Waals surface area (Å²) in [5, 5.41) is 7.70. The summed E-state index contributed by atoms with van der Waals surface area (Å²) in [4.78, 5) is 15.7. The zero-order chi connectivity index (χ0) is 22.6. The van der Waals surface area contributed by atoms with Gasteiger partial charge < -0.3 is 19.2 Å². The molecule has 1 saturated heterocycles. The van der Waals surface area contributed by atoms with Gasteiger partial charge in [0.15, 0.2) is 11.5 Å². The smallest absolute Gasteiger partial charge is 0.255 e. The van der Waals surface area contributed by atoms with Crippen molar-refractivity contribution < 1.29 is 18.7 Å². The van der Waals surface area contributed by atoms with E-state index in [2.05, 4.69) is 15.3 Å². The third-order valence-corrected chi connectivity index (χ3v) is 6.25. The number of hydrogen-bond donors (Lipinski definition) is 1. The number of nitrogens with one attached hydrogen (secondary N) is 1. The maximum atomic E-state index is 13.3. The minimum atomic E-state index is -0.154. The van der Waals surface area contributed by atoms with Crippen LogP contribution < -0.4 is 14.8 Å². The van der Waals surface area contributed by atoms with Crippen molar-refractivity contribution >= 4 is 5.91 Å². The van der Waals surface area contributed by atoms with E-state index in [-0.39, 0.29) is 11.9 Å². The Labute approximate surface area is 193 Å². The number of rotatable bonds is 6. The molecule has 1 N–H and O–H groups in total. The number of carbonyl (C=O) groups is 1. The number of ether oxygens (including phenoxy) is 2. The lowest BCUT2D eigenvalue weighted by molar-refractivity contribution is 0.0914. The van der Waals surface area contributed by atoms with Crippen LogP contribution in [0.2, 0.25) is 0 Å². The molecule has 0 bridgehead atoms. The quantitative estimate of drug-likeness (QED) is 0.615. The van der Waals surface area contributed by atoms with Crippen LogP contribution in [0.15, 0.2) is 47.2 Å². The van der Waals surface area contributed by atoms with Crippen molar-refractivity contribution in [2.75, 3.05) is 32.8 Å². The highest BCUT2D eigenvalue weighted by Crippen LogP contribution is 2.35. The second-order valence-electron chi connectivity index (χ2n) is 8.61. The van der Waals surface area contributed by atoms with Crippen molar-refractivity contribution in [1.82, 2.24) is 20.0 Å². The van der Waals surface area contributed by atoms with Crippen molar-refractivity contribution in [3.8, 4) is 22.8 Å². The Balaban J connectivity index is 1.36. The summed E-state index contributed by atoms with van der Waals surface area (Å²) in [6, 6.07) is 9.61. The lowest BCUT2D eigenvalue weighted by atomic mass is 10.1. The molecular formula is C25H30N4O4. The van der Waals surface area contributed by atoms with Crippen LogP contribution in [-0.4, -0.2) is 53.4 Å². The molecule has 0 spiro atoms. The van der Waals surface area contributed by atoms with Gasteiger partial charge in [-0.3, -0.25) is 14.4 Å². The summed E-state index contributed by atoms with van der Waals surface area (Å²) in [6.07, 6.45) is 7.88. The fourth-order valence-corrected chi connectivity index (χ4v) is 4.58. The van der Waals surface area contributed by atoms with Gasteiger partial charge in [-0.2, -0.15) is 5.10 Å². The van der Waals surface area contributed by atoms with Gasteiger partial charge in [-0.05, 0) is 56.3 Å². The number of hydrogen-bond acceptors (Lipinski definition) is 6. The molecule has 1 aromatic carbocycles. The highest BCUT2D eigenvalue weighted by molar-refractivity contribution is 6.00. The zero-order valence-electron chi connectivity index (χ0n) is 19.0. The standard InChI is InChI=1S/C25H30N4O4/c1-28-17-19(24(27-28)18-8-9-22-23(15-18)33-14-6-13-32-22)25(30)26-16-20(21-7-5-12-31-21)29-10-3-2-4-11-29/h5,7-9,12,15,17,20H,2-4,6,10-11,13-14,16H2,1H3,(H,26,30). The van der Waals surface area contributed by atoms with Crippen molar-refractivity contribution in [2.45, 2.75) is 31.7 Å². The van der Waals surface area contributed by atoms with Gasteiger partial charge >= 0.3 is 0 Å². The van der Waals surface area contributed by atoms with E-state index in [0.717, 1.165) is 36.6 Å². The van der Waals surface area contributed by atoms with E-state index in [0.29, 0.717) is 36.8 Å². The molecule has 0 radical (unpaired) electrons. The van der Waals surface area contributed by atoms with Crippen LogP contribution >= 0.6 is 0 Å². The molecule has 2 aliphatic heterocycles. The molecular weight excluding hydrogens is 420 g/mol. The van der Waals surface area contributed by atoms with Crippen LogP contribution in [0.3, 0.4) is 0 Å². The van der Waals surface area contributed by atoms with E-state index in [9.17, 15) is 4.79 Å². The lowest BCUT2D eigenvalue weighted by Gasteiger charge is -2.33. The molecule has 8 heteroatoms. The number of aryl methyl sites for hydroxylation is 1. The van der Waals surface area contributed by atoms with Gasteiger partial charge in [0.05, 0.1) is 31.1 Å². The summed E-state index contributed by atoms with van der Waals surface area (Å²) in [5.74, 6) is 2.14. The first-order chi connectivity index (χ1) is 16.2. The second kappa shape index (κ2) is 9.70. The molecule has 5 rings (SSSR count). The van der Waals surface area contributed by atoms with E-state index in [1.54, 1.807) is 17.1 Å². The second-order valence-corrected chi connectivity index (χ2v) is 8.61. The zero-order valence-corrected chi connectivity index (χ0v) is 19.0. The van der Waals surface area contributed by atoms with Crippen molar-refractivity contribution in [2.24, 2.45) is 7.05 Å². The summed E-state index contributed by atoms with van der Waals surface area (Å²) in [6.45, 7) is 3.74. The molecule has 3 aromatic rings. The van der Waals surface area contributed by atoms with E-state index < -0.39 is 0 Å². The van der Waals surface area contributed by atoms with Gasteiger partial charge in [0.2, 0.25) is 0 Å². The number of amides is 1. The molecule has 1 amide bonds. The number of likely N-dealkylation sites (tertiary alicyclic amines) is 1. The molecule has 33 heavy (non-hydrogen) atoms. The Morgan fingerprint density at radius 3 is 2.70 bits per heavy atom. The highest BCUT2D eigenvalue weighted by atomic mass is 16.5. The normalized spacial score (nSPS) is 17.4. The summed E-state index contributed by atoms with van der Waals surface area (Å²) >= 11 is 0. The van der Waals surface area contributed by atoms with Crippen LogP contribution in [0.25, 0.3) is 11.3 Å². The number of carbonyl (C=O) groups excluding carboxylic acids is 1. The number of aromatic nitrogens is 2. The number of fused-ring (bicyclic) bond motifs is 1. The van der Waals surface area contributed by atoms with Gasteiger partial charge in [-0.15, -0.1) is 0 Å². The van der Waals surface area contributed by atoms with Crippen LogP contribution in [0.5, 0.6) is 11.5 Å². The Morgan fingerprint density at radius 1 is 1.09 bits per heavy atom. The minimum Gasteiger partial charge on any atom is -0.490 e. The Bertz CT molecular complexity index is 1090. The molecule has 0 aliphatic carbocycles. The van der Waals surface area contributed by atoms with E-state index in [1.807, 2.05) is 37.4 Å². The Kier molecular flexibility index (Phi) is 6.35. The fourth-order valence-electron chi connectivity index (χ4n) is 4.58. The predicted octanol–water partition coefficient (Wildman–Crippen LogP) is 3.80. The SMILES string of the molecule is Cn1cc(C(=O)NCC(c2ccco2)N2CCCCC2)c(-c2ccc3c(c2)OCCCO3)n1. The Morgan fingerprint density at radius 2 is 1.91 bits per heavy atom. The molecule has 1 unspecified atom stereocenters. The maximum absolute atomic E-state index is 13.3. The average Bonchev–Trinajstić information content (AvgIpc) is 3.44. The largest absolute Gasteiger partial charge is 0.490 e. The van der Waals surface area contributed by atoms with Gasteiger partial charge in [-0.25, -0.2) is 0 Å². The molecule has 174 valence electrons. The van der Waals surface area contributed by atoms with E-state index in [1.165, 1.54) is 19.3 Å². The first kappa shape index (κ1) is 21.6. The van der Waals surface area contributed by atoms with Crippen LogP contribution in [0.4, 0.5) is 0 Å². The van der Waals surface area contributed by atoms with Crippen LogP contribution in [0, 0.1) is 0 Å². The van der Waals surface area contributed by atoms with Crippen LogP contribution in [-0.2, 0) is 7.05 Å². The van der Waals surface area contributed by atoms with Crippen molar-refractivity contribution in [1.29, 1.82) is 0 Å². The molecule has 2 aliphatic rings. The van der Waals surface area contributed by atoms with Gasteiger partial charge in [-0.1, -0.05) is 6.42 Å². The molecule has 8 nitrogen and oxygen atoms in total. The minimum absolute atomic E-state index is 0.0161. The van der Waals surface area contributed by atoms with E-state index in [4.69, 9.17) is 13.9 Å². The highest BCUT2D eigenvalue weighted by Gasteiger charge is 2.26. The lowest BCUT2D eigenvalue weighted by Crippen LogP contribution is -2.40. The molecule has 1 fully saturated rings. The average molecular weight is 451 g/mol. The number of piperidine rings is 1. The summed E-state index contributed by atoms with van der Waals surface area (Å²) in [7, 11) is 1.82. The fraction of sp³-hybridized carbons (Fsp3) is 0.440. The monoisotopic (exact) mass is 450 g/mol. The van der Waals surface area contributed by atoms with Gasteiger partial charge in [0, 0.05) is 31.8 Å². The molecule has 4 heterocycles. The number of benzene rings is 1. The third-order valence-electron chi connectivity index (χ3n) is 6.25. The first-order valence-electron chi connectivity index (χ1n) is 11.7. The first-order valence-corrected chi connectivity index (χ1v) is 11.7. The molecule has 2 aromatic heterocycles. The summed E-state index contributed by atoms with van der Waals surface area (Å²) < 4.78 is 18.9. The van der Waals surface area contributed by atoms with Crippen molar-refractivity contribution in [3.05, 3.63) is 54.1 Å². The topological polar surface area (TPSA) is 81.8 Å². The third kappa shape index (κ3) is 4.75. The molecule has 1 atom stereocenters. The van der Waals surface area contributed by atoms with Crippen LogP contribution in [0.1, 0.15) is 47.8 Å². The number of nitrogens with zero attached hydrogens (tertiary/aromatic N) is 3. The van der Waals surface area contributed by atoms with Gasteiger partial charge in [0.1, 0.15) is 11.5 Å².